The van der Waals surface area contributed by atoms with Crippen LogP contribution in [0, 0.1) is 11.8 Å². The van der Waals surface area contributed by atoms with E-state index in [1.807, 2.05) is 24.3 Å². The first-order chi connectivity index (χ1) is 13.4. The van der Waals surface area contributed by atoms with Crippen molar-refractivity contribution in [3.8, 4) is 0 Å². The maximum Gasteiger partial charge on any atom is 0.227 e. The van der Waals surface area contributed by atoms with Crippen LogP contribution in [0.15, 0.2) is 28.7 Å². The minimum atomic E-state index is -0.295. The Morgan fingerprint density at radius 3 is 2.75 bits per heavy atom. The van der Waals surface area contributed by atoms with Gasteiger partial charge in [-0.15, -0.1) is 0 Å². The van der Waals surface area contributed by atoms with Gasteiger partial charge in [-0.05, 0) is 30.5 Å². The molecule has 6 nitrogen and oxygen atoms in total. The number of nitrogens with zero attached hydrogens (tertiary/aromatic N) is 2. The van der Waals surface area contributed by atoms with E-state index in [0.717, 1.165) is 42.9 Å². The van der Waals surface area contributed by atoms with E-state index in [4.69, 9.17) is 4.74 Å². The van der Waals surface area contributed by atoms with Gasteiger partial charge < -0.3 is 15.0 Å². The van der Waals surface area contributed by atoms with Crippen LogP contribution in [0.2, 0.25) is 0 Å². The zero-order chi connectivity index (χ0) is 20.1. The molecule has 3 rings (SSSR count). The fourth-order valence-electron chi connectivity index (χ4n) is 3.99. The van der Waals surface area contributed by atoms with Crippen LogP contribution in [0.4, 0.5) is 5.69 Å². The van der Waals surface area contributed by atoms with Crippen molar-refractivity contribution in [1.29, 1.82) is 0 Å². The minimum Gasteiger partial charge on any atom is -0.379 e. The highest BCUT2D eigenvalue weighted by Gasteiger charge is 2.35. The van der Waals surface area contributed by atoms with Crippen LogP contribution < -0.4 is 10.2 Å². The molecule has 2 unspecified atom stereocenters. The SMILES string of the molecule is CC(C)CC(CNC(=O)C1CC(=O)N(c2cccc(Br)c2)C1)N1CCOCC1. The summed E-state index contributed by atoms with van der Waals surface area (Å²) in [6, 6.07) is 7.95. The number of amides is 2. The predicted octanol–water partition coefficient (Wildman–Crippen LogP) is 2.67. The number of carbonyl (C=O) groups is 2. The third-order valence-electron chi connectivity index (χ3n) is 5.43. The molecule has 0 spiro atoms. The van der Waals surface area contributed by atoms with E-state index in [1.54, 1.807) is 4.90 Å². The molecule has 1 N–H and O–H groups in total. The van der Waals surface area contributed by atoms with E-state index in [9.17, 15) is 9.59 Å². The summed E-state index contributed by atoms with van der Waals surface area (Å²) in [5.74, 6) is 0.249. The summed E-state index contributed by atoms with van der Waals surface area (Å²) in [5.41, 5.74) is 0.834. The molecule has 1 aromatic carbocycles. The highest BCUT2D eigenvalue weighted by atomic mass is 79.9. The van der Waals surface area contributed by atoms with E-state index >= 15 is 0 Å². The van der Waals surface area contributed by atoms with Crippen LogP contribution in [-0.2, 0) is 14.3 Å². The van der Waals surface area contributed by atoms with Crippen molar-refractivity contribution >= 4 is 33.4 Å². The molecular weight excluding hydrogens is 422 g/mol. The second kappa shape index (κ2) is 9.85. The fourth-order valence-corrected chi connectivity index (χ4v) is 4.37. The van der Waals surface area contributed by atoms with Crippen molar-refractivity contribution in [2.45, 2.75) is 32.7 Å². The molecule has 2 atom stereocenters. The van der Waals surface area contributed by atoms with E-state index in [0.29, 0.717) is 25.0 Å². The molecule has 0 radical (unpaired) electrons. The standard InChI is InChI=1S/C21H30BrN3O3/c1-15(2)10-19(24-6-8-28-9-7-24)13-23-21(27)16-11-20(26)25(14-16)18-5-3-4-17(22)12-18/h3-5,12,15-16,19H,6-11,13-14H2,1-2H3,(H,23,27). The van der Waals surface area contributed by atoms with Crippen LogP contribution in [-0.4, -0.2) is 62.1 Å². The number of nitrogens with one attached hydrogen (secondary N) is 1. The van der Waals surface area contributed by atoms with Crippen LogP contribution in [0.5, 0.6) is 0 Å². The van der Waals surface area contributed by atoms with Gasteiger partial charge in [-0.3, -0.25) is 14.5 Å². The number of morpholine rings is 1. The molecule has 0 aliphatic carbocycles. The molecule has 0 aromatic heterocycles. The van der Waals surface area contributed by atoms with E-state index in [-0.39, 0.29) is 24.2 Å². The first kappa shape index (κ1) is 21.3. The lowest BCUT2D eigenvalue weighted by Crippen LogP contribution is -2.50. The van der Waals surface area contributed by atoms with Gasteiger partial charge in [0.15, 0.2) is 0 Å². The molecule has 0 saturated carbocycles. The average Bonchev–Trinajstić information content (AvgIpc) is 3.07. The molecule has 2 aliphatic heterocycles. The molecule has 1 aromatic rings. The number of hydrogen-bond acceptors (Lipinski definition) is 4. The minimum absolute atomic E-state index is 0.00478. The number of rotatable bonds is 7. The Labute approximate surface area is 175 Å². The summed E-state index contributed by atoms with van der Waals surface area (Å²) < 4.78 is 6.38. The van der Waals surface area contributed by atoms with Crippen molar-refractivity contribution in [1.82, 2.24) is 10.2 Å². The Balaban J connectivity index is 1.56. The zero-order valence-electron chi connectivity index (χ0n) is 16.7. The van der Waals surface area contributed by atoms with Gasteiger partial charge in [0, 0.05) is 48.8 Å². The van der Waals surface area contributed by atoms with Gasteiger partial charge in [-0.1, -0.05) is 35.8 Å². The van der Waals surface area contributed by atoms with Crippen LogP contribution >= 0.6 is 15.9 Å². The summed E-state index contributed by atoms with van der Waals surface area (Å²) in [4.78, 5) is 29.3. The Morgan fingerprint density at radius 2 is 2.07 bits per heavy atom. The maximum atomic E-state index is 12.8. The molecule has 2 heterocycles. The lowest BCUT2D eigenvalue weighted by atomic mass is 10.0. The van der Waals surface area contributed by atoms with Crippen molar-refractivity contribution < 1.29 is 14.3 Å². The van der Waals surface area contributed by atoms with Crippen molar-refractivity contribution in [2.24, 2.45) is 11.8 Å². The second-order valence-electron chi connectivity index (χ2n) is 8.06. The number of benzene rings is 1. The summed E-state index contributed by atoms with van der Waals surface area (Å²) in [6.07, 6.45) is 1.30. The largest absolute Gasteiger partial charge is 0.379 e. The van der Waals surface area contributed by atoms with E-state index in [2.05, 4.69) is 40.0 Å². The normalized spacial score (nSPS) is 21.9. The molecule has 28 heavy (non-hydrogen) atoms. The Kier molecular flexibility index (Phi) is 7.48. The topological polar surface area (TPSA) is 61.9 Å². The van der Waals surface area contributed by atoms with Crippen molar-refractivity contribution in [3.63, 3.8) is 0 Å². The summed E-state index contributed by atoms with van der Waals surface area (Å²) >= 11 is 3.44. The molecule has 2 amide bonds. The zero-order valence-corrected chi connectivity index (χ0v) is 18.3. The molecular formula is C21H30BrN3O3. The van der Waals surface area contributed by atoms with Crippen molar-refractivity contribution in [2.75, 3.05) is 44.3 Å². The van der Waals surface area contributed by atoms with Gasteiger partial charge in [0.2, 0.25) is 11.8 Å². The first-order valence-corrected chi connectivity index (χ1v) is 10.9. The number of hydrogen-bond donors (Lipinski definition) is 1. The Hall–Kier alpha value is -1.44. The van der Waals surface area contributed by atoms with Crippen molar-refractivity contribution in [3.05, 3.63) is 28.7 Å². The van der Waals surface area contributed by atoms with Gasteiger partial charge in [0.25, 0.3) is 0 Å². The van der Waals surface area contributed by atoms with E-state index < -0.39 is 0 Å². The summed E-state index contributed by atoms with van der Waals surface area (Å²) in [7, 11) is 0. The third-order valence-corrected chi connectivity index (χ3v) is 5.93. The lowest BCUT2D eigenvalue weighted by molar-refractivity contribution is -0.126. The van der Waals surface area contributed by atoms with Gasteiger partial charge in [-0.25, -0.2) is 0 Å². The predicted molar refractivity (Wildman–Crippen MR) is 113 cm³/mol. The summed E-state index contributed by atoms with van der Waals surface area (Å²) in [6.45, 7) is 8.80. The first-order valence-electron chi connectivity index (χ1n) is 10.1. The third kappa shape index (κ3) is 5.55. The van der Waals surface area contributed by atoms with Gasteiger partial charge in [0.05, 0.1) is 19.1 Å². The number of anilines is 1. The molecule has 2 saturated heterocycles. The average molecular weight is 452 g/mol. The highest BCUT2D eigenvalue weighted by Crippen LogP contribution is 2.27. The highest BCUT2D eigenvalue weighted by molar-refractivity contribution is 9.10. The monoisotopic (exact) mass is 451 g/mol. The number of ether oxygens (including phenoxy) is 1. The number of halogens is 1. The molecule has 2 aliphatic rings. The molecule has 0 bridgehead atoms. The Morgan fingerprint density at radius 1 is 1.32 bits per heavy atom. The Bertz CT molecular complexity index is 691. The number of carbonyl (C=O) groups excluding carboxylic acids is 2. The molecule has 2 fully saturated rings. The smallest absolute Gasteiger partial charge is 0.227 e. The van der Waals surface area contributed by atoms with Gasteiger partial charge in [-0.2, -0.15) is 0 Å². The van der Waals surface area contributed by atoms with Crippen LogP contribution in [0.25, 0.3) is 0 Å². The lowest BCUT2D eigenvalue weighted by Gasteiger charge is -2.35. The van der Waals surface area contributed by atoms with Gasteiger partial charge >= 0.3 is 0 Å². The van der Waals surface area contributed by atoms with E-state index in [1.165, 1.54) is 0 Å². The fraction of sp³-hybridized carbons (Fsp3) is 0.619. The maximum absolute atomic E-state index is 12.8. The van der Waals surface area contributed by atoms with Crippen LogP contribution in [0.3, 0.4) is 0 Å². The quantitative estimate of drug-likeness (QED) is 0.691. The summed E-state index contributed by atoms with van der Waals surface area (Å²) in [5, 5.41) is 3.12. The molecule has 7 heteroatoms. The van der Waals surface area contributed by atoms with Crippen LogP contribution in [0.1, 0.15) is 26.7 Å². The van der Waals surface area contributed by atoms with Gasteiger partial charge in [0.1, 0.15) is 0 Å². The second-order valence-corrected chi connectivity index (χ2v) is 8.98. The molecule has 154 valence electrons.